The van der Waals surface area contributed by atoms with E-state index >= 15 is 0 Å². The summed E-state index contributed by atoms with van der Waals surface area (Å²) in [7, 11) is 0. The first kappa shape index (κ1) is 16.2. The first-order chi connectivity index (χ1) is 10.5. The Hall–Kier alpha value is -0.650. The number of piperidine rings is 2. The summed E-state index contributed by atoms with van der Waals surface area (Å²) < 4.78 is 11.6. The molecule has 0 saturated carbocycles. The molecule has 22 heavy (non-hydrogen) atoms. The Kier molecular flexibility index (Phi) is 4.76. The SMILES string of the molecule is CC(C(=O)N1C(C)CCCC1C)N1CCC2(CC1)OCCO2. The Morgan fingerprint density at radius 2 is 1.64 bits per heavy atom. The molecule has 1 spiro atoms. The molecule has 0 aromatic heterocycles. The lowest BCUT2D eigenvalue weighted by atomic mass is 9.95. The summed E-state index contributed by atoms with van der Waals surface area (Å²) in [5.41, 5.74) is 0. The number of hydrogen-bond acceptors (Lipinski definition) is 4. The molecule has 3 atom stereocenters. The van der Waals surface area contributed by atoms with Crippen molar-refractivity contribution in [1.82, 2.24) is 9.80 Å². The zero-order valence-electron chi connectivity index (χ0n) is 14.2. The maximum absolute atomic E-state index is 13.0. The van der Waals surface area contributed by atoms with Gasteiger partial charge in [0.25, 0.3) is 0 Å². The molecule has 3 saturated heterocycles. The second kappa shape index (κ2) is 6.46. The Balaban J connectivity index is 1.59. The van der Waals surface area contributed by atoms with Crippen LogP contribution in [0.4, 0.5) is 0 Å². The summed E-state index contributed by atoms with van der Waals surface area (Å²) in [5.74, 6) is -0.0609. The van der Waals surface area contributed by atoms with Crippen molar-refractivity contribution in [2.75, 3.05) is 26.3 Å². The molecule has 3 fully saturated rings. The molecule has 3 unspecified atom stereocenters. The first-order valence-electron chi connectivity index (χ1n) is 8.86. The van der Waals surface area contributed by atoms with Gasteiger partial charge in [-0.1, -0.05) is 0 Å². The molecule has 0 radical (unpaired) electrons. The van der Waals surface area contributed by atoms with Gasteiger partial charge in [-0.05, 0) is 40.0 Å². The van der Waals surface area contributed by atoms with Crippen LogP contribution in [0.5, 0.6) is 0 Å². The molecule has 1 amide bonds. The molecule has 0 aromatic carbocycles. The number of amides is 1. The molecule has 5 heteroatoms. The van der Waals surface area contributed by atoms with E-state index in [1.54, 1.807) is 0 Å². The van der Waals surface area contributed by atoms with E-state index in [1.165, 1.54) is 6.42 Å². The van der Waals surface area contributed by atoms with Crippen molar-refractivity contribution in [2.24, 2.45) is 0 Å². The lowest BCUT2D eigenvalue weighted by Gasteiger charge is -2.44. The average molecular weight is 310 g/mol. The van der Waals surface area contributed by atoms with Gasteiger partial charge in [0.15, 0.2) is 5.79 Å². The second-order valence-electron chi connectivity index (χ2n) is 7.19. The quantitative estimate of drug-likeness (QED) is 0.782. The van der Waals surface area contributed by atoms with Gasteiger partial charge in [-0.3, -0.25) is 9.69 Å². The van der Waals surface area contributed by atoms with Crippen molar-refractivity contribution in [3.63, 3.8) is 0 Å². The van der Waals surface area contributed by atoms with Crippen LogP contribution in [0.15, 0.2) is 0 Å². The smallest absolute Gasteiger partial charge is 0.240 e. The van der Waals surface area contributed by atoms with Crippen molar-refractivity contribution < 1.29 is 14.3 Å². The number of hydrogen-bond donors (Lipinski definition) is 0. The zero-order chi connectivity index (χ0) is 15.7. The van der Waals surface area contributed by atoms with Crippen LogP contribution in [0.25, 0.3) is 0 Å². The van der Waals surface area contributed by atoms with Crippen molar-refractivity contribution >= 4 is 5.91 Å². The van der Waals surface area contributed by atoms with Crippen molar-refractivity contribution in [3.05, 3.63) is 0 Å². The van der Waals surface area contributed by atoms with E-state index in [1.807, 2.05) is 0 Å². The number of ether oxygens (including phenoxy) is 2. The number of rotatable bonds is 2. The second-order valence-corrected chi connectivity index (χ2v) is 7.19. The topological polar surface area (TPSA) is 42.0 Å². The van der Waals surface area contributed by atoms with Gasteiger partial charge < -0.3 is 14.4 Å². The molecular formula is C17H30N2O3. The maximum atomic E-state index is 13.0. The summed E-state index contributed by atoms with van der Waals surface area (Å²) >= 11 is 0. The van der Waals surface area contributed by atoms with Crippen LogP contribution in [0.3, 0.4) is 0 Å². The monoisotopic (exact) mass is 310 g/mol. The van der Waals surface area contributed by atoms with E-state index in [-0.39, 0.29) is 11.8 Å². The van der Waals surface area contributed by atoms with E-state index in [4.69, 9.17) is 9.47 Å². The molecule has 126 valence electrons. The summed E-state index contributed by atoms with van der Waals surface area (Å²) in [6, 6.07) is 0.703. The molecule has 0 aliphatic carbocycles. The fraction of sp³-hybridized carbons (Fsp3) is 0.941. The summed E-state index contributed by atoms with van der Waals surface area (Å²) in [4.78, 5) is 17.4. The van der Waals surface area contributed by atoms with Gasteiger partial charge in [0.1, 0.15) is 0 Å². The Morgan fingerprint density at radius 3 is 2.18 bits per heavy atom. The Morgan fingerprint density at radius 1 is 1.09 bits per heavy atom. The van der Waals surface area contributed by atoms with Crippen LogP contribution in [0.2, 0.25) is 0 Å². The lowest BCUT2D eigenvalue weighted by molar-refractivity contribution is -0.189. The van der Waals surface area contributed by atoms with Gasteiger partial charge >= 0.3 is 0 Å². The van der Waals surface area contributed by atoms with Crippen molar-refractivity contribution in [2.45, 2.75) is 76.8 Å². The summed E-state index contributed by atoms with van der Waals surface area (Å²) in [6.07, 6.45) is 5.24. The normalized spacial score (nSPS) is 34.0. The molecule has 3 aliphatic rings. The lowest BCUT2D eigenvalue weighted by Crippen LogP contribution is -2.57. The predicted molar refractivity (Wildman–Crippen MR) is 84.5 cm³/mol. The van der Waals surface area contributed by atoms with Gasteiger partial charge in [0.05, 0.1) is 19.3 Å². The van der Waals surface area contributed by atoms with E-state index in [0.717, 1.165) is 38.8 Å². The third kappa shape index (κ3) is 3.03. The fourth-order valence-corrected chi connectivity index (χ4v) is 4.27. The Bertz CT molecular complexity index is 389. The third-order valence-electron chi connectivity index (χ3n) is 5.73. The summed E-state index contributed by atoms with van der Waals surface area (Å²) in [6.45, 7) is 9.60. The summed E-state index contributed by atoms with van der Waals surface area (Å²) in [5, 5.41) is 0. The zero-order valence-corrected chi connectivity index (χ0v) is 14.2. The van der Waals surface area contributed by atoms with Crippen LogP contribution in [-0.4, -0.2) is 65.9 Å². The van der Waals surface area contributed by atoms with Crippen LogP contribution < -0.4 is 0 Å². The highest BCUT2D eigenvalue weighted by atomic mass is 16.7. The minimum atomic E-state index is -0.356. The van der Waals surface area contributed by atoms with Gasteiger partial charge in [0, 0.05) is 38.0 Å². The molecule has 0 bridgehead atoms. The number of nitrogens with zero attached hydrogens (tertiary/aromatic N) is 2. The van der Waals surface area contributed by atoms with Crippen molar-refractivity contribution in [3.8, 4) is 0 Å². The molecule has 0 aromatic rings. The van der Waals surface area contributed by atoms with Gasteiger partial charge in [0.2, 0.25) is 5.91 Å². The number of likely N-dealkylation sites (tertiary alicyclic amines) is 2. The van der Waals surface area contributed by atoms with Gasteiger partial charge in [-0.15, -0.1) is 0 Å². The largest absolute Gasteiger partial charge is 0.347 e. The van der Waals surface area contributed by atoms with Crippen LogP contribution >= 0.6 is 0 Å². The van der Waals surface area contributed by atoms with Gasteiger partial charge in [-0.2, -0.15) is 0 Å². The predicted octanol–water partition coefficient (Wildman–Crippen LogP) is 2.00. The van der Waals surface area contributed by atoms with Crippen LogP contribution in [-0.2, 0) is 14.3 Å². The van der Waals surface area contributed by atoms with E-state index in [2.05, 4.69) is 30.6 Å². The molecule has 0 N–H and O–H groups in total. The fourth-order valence-electron chi connectivity index (χ4n) is 4.27. The van der Waals surface area contributed by atoms with Gasteiger partial charge in [-0.25, -0.2) is 0 Å². The molecule has 3 rings (SSSR count). The standard InChI is InChI=1S/C17H30N2O3/c1-13-5-4-6-14(2)19(13)16(20)15(3)18-9-7-17(8-10-18)21-11-12-22-17/h13-15H,4-12H2,1-3H3. The number of carbonyl (C=O) groups excluding carboxylic acids is 1. The third-order valence-corrected chi connectivity index (χ3v) is 5.73. The highest BCUT2D eigenvalue weighted by Gasteiger charge is 2.42. The molecule has 3 aliphatic heterocycles. The minimum Gasteiger partial charge on any atom is -0.347 e. The average Bonchev–Trinajstić information content (AvgIpc) is 2.95. The van der Waals surface area contributed by atoms with Crippen molar-refractivity contribution in [1.29, 1.82) is 0 Å². The molecular weight excluding hydrogens is 280 g/mol. The maximum Gasteiger partial charge on any atom is 0.240 e. The number of carbonyl (C=O) groups is 1. The molecule has 3 heterocycles. The first-order valence-corrected chi connectivity index (χ1v) is 8.86. The highest BCUT2D eigenvalue weighted by molar-refractivity contribution is 5.82. The van der Waals surface area contributed by atoms with E-state index in [9.17, 15) is 4.79 Å². The van der Waals surface area contributed by atoms with Crippen LogP contribution in [0.1, 0.15) is 52.9 Å². The Labute approximate surface area is 133 Å². The van der Waals surface area contributed by atoms with E-state index in [0.29, 0.717) is 31.2 Å². The highest BCUT2D eigenvalue weighted by Crippen LogP contribution is 2.32. The van der Waals surface area contributed by atoms with Crippen LogP contribution in [0, 0.1) is 0 Å². The van der Waals surface area contributed by atoms with E-state index < -0.39 is 0 Å². The minimum absolute atomic E-state index is 0.0400. The molecule has 5 nitrogen and oxygen atoms in total.